The van der Waals surface area contributed by atoms with Crippen LogP contribution in [0.15, 0.2) is 0 Å². The summed E-state index contributed by atoms with van der Waals surface area (Å²) in [4.78, 5) is 15.0. The van der Waals surface area contributed by atoms with Crippen molar-refractivity contribution in [3.63, 3.8) is 0 Å². The predicted octanol–water partition coefficient (Wildman–Crippen LogP) is 0.515. The Morgan fingerprint density at radius 3 is 2.93 bits per heavy atom. The lowest BCUT2D eigenvalue weighted by Gasteiger charge is -2.31. The highest BCUT2D eigenvalue weighted by Crippen LogP contribution is 2.38. The fourth-order valence-electron chi connectivity index (χ4n) is 2.12. The summed E-state index contributed by atoms with van der Waals surface area (Å²) >= 11 is 0. The Balaban J connectivity index is 2.73. The van der Waals surface area contributed by atoms with E-state index in [0.29, 0.717) is 6.42 Å². The van der Waals surface area contributed by atoms with Gasteiger partial charge in [0, 0.05) is 20.1 Å². The van der Waals surface area contributed by atoms with Gasteiger partial charge in [0.15, 0.2) is 0 Å². The van der Waals surface area contributed by atoms with Crippen LogP contribution >= 0.6 is 0 Å². The Bertz CT molecular complexity index is 210. The standard InChI is InChI=1S/C8H15NO5/c1-13-7-3-2-4-8(7,5-6-10)14-9(11)12/h7,10H,2-6H2,1H3. The van der Waals surface area contributed by atoms with Crippen molar-refractivity contribution in [1.82, 2.24) is 0 Å². The molecular weight excluding hydrogens is 190 g/mol. The molecule has 0 heterocycles. The number of ether oxygens (including phenoxy) is 1. The van der Waals surface area contributed by atoms with Gasteiger partial charge >= 0.3 is 0 Å². The van der Waals surface area contributed by atoms with Crippen molar-refractivity contribution in [2.24, 2.45) is 0 Å². The summed E-state index contributed by atoms with van der Waals surface area (Å²) in [5, 5.41) is 18.4. The van der Waals surface area contributed by atoms with Crippen molar-refractivity contribution < 1.29 is 19.8 Å². The van der Waals surface area contributed by atoms with Gasteiger partial charge < -0.3 is 14.7 Å². The van der Waals surface area contributed by atoms with Gasteiger partial charge in [0.2, 0.25) is 0 Å². The molecule has 0 radical (unpaired) electrons. The minimum atomic E-state index is -0.938. The molecule has 2 unspecified atom stereocenters. The highest BCUT2D eigenvalue weighted by molar-refractivity contribution is 4.94. The average Bonchev–Trinajstić information content (AvgIpc) is 2.47. The van der Waals surface area contributed by atoms with Gasteiger partial charge in [-0.05, 0) is 19.3 Å². The second-order valence-corrected chi connectivity index (χ2v) is 3.47. The van der Waals surface area contributed by atoms with Gasteiger partial charge in [-0.3, -0.25) is 0 Å². The maximum atomic E-state index is 10.3. The quantitative estimate of drug-likeness (QED) is 0.522. The van der Waals surface area contributed by atoms with Crippen molar-refractivity contribution in [1.29, 1.82) is 0 Å². The molecule has 0 aliphatic heterocycles. The molecule has 0 aromatic carbocycles. The summed E-state index contributed by atoms with van der Waals surface area (Å²) in [7, 11) is 1.51. The summed E-state index contributed by atoms with van der Waals surface area (Å²) in [6.45, 7) is -0.131. The fourth-order valence-corrected chi connectivity index (χ4v) is 2.12. The van der Waals surface area contributed by atoms with Crippen molar-refractivity contribution >= 4 is 0 Å². The molecule has 2 atom stereocenters. The Hall–Kier alpha value is -0.880. The molecule has 82 valence electrons. The minimum absolute atomic E-state index is 0.131. The van der Waals surface area contributed by atoms with Gasteiger partial charge in [0.05, 0.1) is 6.10 Å². The lowest BCUT2D eigenvalue weighted by Crippen LogP contribution is -2.44. The van der Waals surface area contributed by atoms with Crippen molar-refractivity contribution in [3.05, 3.63) is 10.1 Å². The third-order valence-corrected chi connectivity index (χ3v) is 2.73. The highest BCUT2D eigenvalue weighted by atomic mass is 17.0. The van der Waals surface area contributed by atoms with E-state index in [2.05, 4.69) is 4.84 Å². The van der Waals surface area contributed by atoms with Gasteiger partial charge in [-0.2, -0.15) is 0 Å². The van der Waals surface area contributed by atoms with E-state index in [4.69, 9.17) is 9.84 Å². The van der Waals surface area contributed by atoms with Gasteiger partial charge in [0.1, 0.15) is 5.60 Å². The van der Waals surface area contributed by atoms with Gasteiger partial charge in [0.25, 0.3) is 5.09 Å². The maximum absolute atomic E-state index is 10.3. The van der Waals surface area contributed by atoms with E-state index in [9.17, 15) is 10.1 Å². The van der Waals surface area contributed by atoms with Crippen LogP contribution < -0.4 is 0 Å². The molecule has 1 saturated carbocycles. The molecule has 0 saturated heterocycles. The lowest BCUT2D eigenvalue weighted by molar-refractivity contribution is -0.783. The monoisotopic (exact) mass is 205 g/mol. The van der Waals surface area contributed by atoms with Gasteiger partial charge in [-0.1, -0.05) is 0 Å². The SMILES string of the molecule is COC1CCCC1(CCO)O[N+](=O)[O-]. The number of methoxy groups -OCH3 is 1. The third kappa shape index (κ3) is 2.13. The fraction of sp³-hybridized carbons (Fsp3) is 1.00. The van der Waals surface area contributed by atoms with E-state index >= 15 is 0 Å². The van der Waals surface area contributed by atoms with Crippen LogP contribution in [0, 0.1) is 10.1 Å². The Labute approximate surface area is 81.9 Å². The minimum Gasteiger partial charge on any atom is -0.396 e. The van der Waals surface area contributed by atoms with Gasteiger partial charge in [-0.25, -0.2) is 0 Å². The first-order valence-electron chi connectivity index (χ1n) is 4.62. The smallest absolute Gasteiger partial charge is 0.295 e. The summed E-state index contributed by atoms with van der Waals surface area (Å²) in [5.74, 6) is 0. The molecule has 0 amide bonds. The molecule has 6 heteroatoms. The molecule has 1 aliphatic rings. The first-order chi connectivity index (χ1) is 6.64. The van der Waals surface area contributed by atoms with E-state index in [-0.39, 0.29) is 19.1 Å². The van der Waals surface area contributed by atoms with Crippen LogP contribution in [0.1, 0.15) is 25.7 Å². The molecule has 0 bridgehead atoms. The predicted molar refractivity (Wildman–Crippen MR) is 47.2 cm³/mol. The molecule has 1 aliphatic carbocycles. The normalized spacial score (nSPS) is 31.7. The average molecular weight is 205 g/mol. The maximum Gasteiger partial charge on any atom is 0.295 e. The zero-order valence-corrected chi connectivity index (χ0v) is 8.14. The molecule has 1 rings (SSSR count). The molecular formula is C8H15NO5. The zero-order valence-electron chi connectivity index (χ0n) is 8.14. The summed E-state index contributed by atoms with van der Waals surface area (Å²) in [6.07, 6.45) is 2.08. The number of rotatable bonds is 5. The number of aliphatic hydroxyl groups is 1. The van der Waals surface area contributed by atoms with E-state index in [0.717, 1.165) is 12.8 Å². The van der Waals surface area contributed by atoms with E-state index < -0.39 is 10.7 Å². The topological polar surface area (TPSA) is 81.8 Å². The molecule has 6 nitrogen and oxygen atoms in total. The second-order valence-electron chi connectivity index (χ2n) is 3.47. The van der Waals surface area contributed by atoms with Crippen LogP contribution in [0.2, 0.25) is 0 Å². The summed E-state index contributed by atoms with van der Waals surface area (Å²) in [6, 6.07) is 0. The first-order valence-corrected chi connectivity index (χ1v) is 4.62. The summed E-state index contributed by atoms with van der Waals surface area (Å²) < 4.78 is 5.14. The van der Waals surface area contributed by atoms with Crippen LogP contribution in [0.5, 0.6) is 0 Å². The van der Waals surface area contributed by atoms with Crippen LogP contribution in [0.3, 0.4) is 0 Å². The van der Waals surface area contributed by atoms with Crippen LogP contribution in [-0.2, 0) is 9.57 Å². The Kier molecular flexibility index (Phi) is 3.65. The highest BCUT2D eigenvalue weighted by Gasteiger charge is 2.46. The van der Waals surface area contributed by atoms with Crippen molar-refractivity contribution in [3.8, 4) is 0 Å². The second kappa shape index (κ2) is 4.56. The number of nitrogens with zero attached hydrogens (tertiary/aromatic N) is 1. The zero-order chi connectivity index (χ0) is 10.6. The molecule has 14 heavy (non-hydrogen) atoms. The van der Waals surface area contributed by atoms with E-state index in [1.807, 2.05) is 0 Å². The van der Waals surface area contributed by atoms with E-state index in [1.165, 1.54) is 7.11 Å². The molecule has 0 spiro atoms. The first kappa shape index (κ1) is 11.2. The van der Waals surface area contributed by atoms with Crippen molar-refractivity contribution in [2.75, 3.05) is 13.7 Å². The number of hydrogen-bond acceptors (Lipinski definition) is 5. The number of hydrogen-bond donors (Lipinski definition) is 1. The summed E-state index contributed by atoms with van der Waals surface area (Å²) in [5.41, 5.74) is -0.938. The molecule has 1 N–H and O–H groups in total. The van der Waals surface area contributed by atoms with Crippen molar-refractivity contribution in [2.45, 2.75) is 37.4 Å². The van der Waals surface area contributed by atoms with Crippen LogP contribution in [-0.4, -0.2) is 35.6 Å². The molecule has 0 aromatic rings. The Morgan fingerprint density at radius 1 is 1.71 bits per heavy atom. The lowest BCUT2D eigenvalue weighted by atomic mass is 9.96. The third-order valence-electron chi connectivity index (χ3n) is 2.73. The van der Waals surface area contributed by atoms with E-state index in [1.54, 1.807) is 0 Å². The van der Waals surface area contributed by atoms with Crippen LogP contribution in [0.4, 0.5) is 0 Å². The number of aliphatic hydroxyl groups excluding tert-OH is 1. The Morgan fingerprint density at radius 2 is 2.43 bits per heavy atom. The molecule has 0 aromatic heterocycles. The van der Waals surface area contributed by atoms with Crippen LogP contribution in [0.25, 0.3) is 0 Å². The van der Waals surface area contributed by atoms with Gasteiger partial charge in [-0.15, -0.1) is 10.1 Å². The molecule has 1 fully saturated rings. The largest absolute Gasteiger partial charge is 0.396 e.